The molecule has 0 radical (unpaired) electrons. The first-order valence-corrected chi connectivity index (χ1v) is 12.2. The van der Waals surface area contributed by atoms with Gasteiger partial charge in [-0.25, -0.2) is 21.2 Å². The van der Waals surface area contributed by atoms with Gasteiger partial charge >= 0.3 is 0 Å². The summed E-state index contributed by atoms with van der Waals surface area (Å²) in [7, 11) is -8.36. The summed E-state index contributed by atoms with van der Waals surface area (Å²) in [5, 5.41) is -1.10. The predicted octanol–water partition coefficient (Wildman–Crippen LogP) is 4.54. The fourth-order valence-corrected chi connectivity index (χ4v) is 5.92. The Morgan fingerprint density at radius 2 is 1.62 bits per heavy atom. The Morgan fingerprint density at radius 1 is 1.00 bits per heavy atom. The smallest absolute Gasteiger partial charge is 0.258 e. The summed E-state index contributed by atoms with van der Waals surface area (Å²) in [6.45, 7) is 1.81. The lowest BCUT2D eigenvalue weighted by molar-refractivity contribution is 0.444. The van der Waals surface area contributed by atoms with Crippen LogP contribution in [0, 0.1) is 5.82 Å². The van der Waals surface area contributed by atoms with Crippen LogP contribution in [0.15, 0.2) is 68.0 Å². The van der Waals surface area contributed by atoms with E-state index in [1.165, 1.54) is 36.4 Å². The van der Waals surface area contributed by atoms with Crippen LogP contribution in [0.5, 0.6) is 0 Å². The molecule has 1 heterocycles. The molecule has 10 heteroatoms. The van der Waals surface area contributed by atoms with Gasteiger partial charge in [-0.05, 0) is 55.0 Å². The number of nitrogens with zero attached hydrogens (tertiary/aromatic N) is 1. The van der Waals surface area contributed by atoms with Crippen LogP contribution in [-0.4, -0.2) is 27.6 Å². The van der Waals surface area contributed by atoms with E-state index in [1.54, 1.807) is 0 Å². The molecule has 3 rings (SSSR count). The van der Waals surface area contributed by atoms with E-state index in [1.807, 2.05) is 6.92 Å². The number of oxazole rings is 1. The van der Waals surface area contributed by atoms with E-state index >= 15 is 0 Å². The molecule has 0 aliphatic rings. The zero-order valence-corrected chi connectivity index (χ0v) is 17.7. The van der Waals surface area contributed by atoms with Gasteiger partial charge in [0.2, 0.25) is 30.6 Å². The van der Waals surface area contributed by atoms with E-state index < -0.39 is 35.6 Å². The standard InChI is InChI=1S/C19H17ClFNO5S2/c1-2-3-12-28(23,24)19-18(29(25,26)16-10-6-14(20)7-11-16)22-17(27-19)13-4-8-15(21)9-5-13/h4-11H,2-3,12H2,1H3. The quantitative estimate of drug-likeness (QED) is 0.517. The van der Waals surface area contributed by atoms with Crippen molar-refractivity contribution < 1.29 is 25.6 Å². The van der Waals surface area contributed by atoms with Crippen molar-refractivity contribution in [3.63, 3.8) is 0 Å². The second-order valence-electron chi connectivity index (χ2n) is 6.25. The van der Waals surface area contributed by atoms with Crippen LogP contribution in [0.25, 0.3) is 11.5 Å². The Kier molecular flexibility index (Phi) is 6.11. The van der Waals surface area contributed by atoms with Crippen molar-refractivity contribution in [2.45, 2.75) is 34.8 Å². The molecule has 0 N–H and O–H groups in total. The summed E-state index contributed by atoms with van der Waals surface area (Å²) in [5.74, 6) is -1.03. The molecule has 0 saturated carbocycles. The third kappa shape index (κ3) is 4.52. The van der Waals surface area contributed by atoms with Gasteiger partial charge in [0.1, 0.15) is 5.82 Å². The maximum Gasteiger partial charge on any atom is 0.258 e. The normalized spacial score (nSPS) is 12.2. The lowest BCUT2D eigenvalue weighted by Gasteiger charge is -2.04. The van der Waals surface area contributed by atoms with Gasteiger partial charge in [0.05, 0.1) is 10.6 Å². The fourth-order valence-electron chi connectivity index (χ4n) is 2.53. The van der Waals surface area contributed by atoms with Crippen molar-refractivity contribution in [1.82, 2.24) is 4.98 Å². The van der Waals surface area contributed by atoms with Crippen LogP contribution in [0.2, 0.25) is 5.02 Å². The highest BCUT2D eigenvalue weighted by Gasteiger charge is 2.35. The summed E-state index contributed by atoms with van der Waals surface area (Å²) >= 11 is 5.81. The maximum atomic E-state index is 13.2. The highest BCUT2D eigenvalue weighted by atomic mass is 35.5. The Hall–Kier alpha value is -2.23. The summed E-state index contributed by atoms with van der Waals surface area (Å²) < 4.78 is 70.3. The van der Waals surface area contributed by atoms with Gasteiger partial charge in [0, 0.05) is 10.6 Å². The first kappa shape index (κ1) is 21.5. The van der Waals surface area contributed by atoms with Crippen molar-refractivity contribution in [1.29, 1.82) is 0 Å². The molecule has 0 unspecified atom stereocenters. The Labute approximate surface area is 173 Å². The molecule has 0 bridgehead atoms. The Morgan fingerprint density at radius 3 is 2.21 bits per heavy atom. The molecule has 0 spiro atoms. The molecule has 0 fully saturated rings. The minimum atomic E-state index is -4.31. The molecule has 29 heavy (non-hydrogen) atoms. The van der Waals surface area contributed by atoms with E-state index in [4.69, 9.17) is 16.0 Å². The minimum Gasteiger partial charge on any atom is -0.423 e. The number of benzene rings is 2. The Bertz CT molecular complexity index is 1220. The minimum absolute atomic E-state index is 0.173. The van der Waals surface area contributed by atoms with Crippen LogP contribution >= 0.6 is 11.6 Å². The molecule has 0 saturated heterocycles. The molecule has 154 valence electrons. The van der Waals surface area contributed by atoms with Crippen LogP contribution < -0.4 is 0 Å². The average Bonchev–Trinajstić information content (AvgIpc) is 3.15. The predicted molar refractivity (Wildman–Crippen MR) is 106 cm³/mol. The summed E-state index contributed by atoms with van der Waals surface area (Å²) in [6, 6.07) is 10.2. The van der Waals surface area contributed by atoms with E-state index in [9.17, 15) is 21.2 Å². The van der Waals surface area contributed by atoms with Crippen LogP contribution in [0.1, 0.15) is 19.8 Å². The van der Waals surface area contributed by atoms with Gasteiger partial charge in [0.25, 0.3) is 5.09 Å². The summed E-state index contributed by atoms with van der Waals surface area (Å²) in [6.07, 6.45) is 0.923. The molecular weight excluding hydrogens is 441 g/mol. The number of hydrogen-bond acceptors (Lipinski definition) is 6. The second kappa shape index (κ2) is 8.25. The number of rotatable bonds is 7. The third-order valence-corrected chi connectivity index (χ3v) is 7.81. The zero-order chi connectivity index (χ0) is 21.2. The van der Waals surface area contributed by atoms with Crippen molar-refractivity contribution >= 4 is 31.3 Å². The van der Waals surface area contributed by atoms with Gasteiger partial charge in [-0.2, -0.15) is 4.98 Å². The van der Waals surface area contributed by atoms with Gasteiger partial charge in [-0.3, -0.25) is 0 Å². The highest BCUT2D eigenvalue weighted by Crippen LogP contribution is 2.33. The maximum absolute atomic E-state index is 13.2. The van der Waals surface area contributed by atoms with Crippen molar-refractivity contribution in [3.8, 4) is 11.5 Å². The van der Waals surface area contributed by atoms with E-state index in [0.717, 1.165) is 12.1 Å². The molecule has 0 aliphatic carbocycles. The molecular formula is C19H17ClFNO5S2. The third-order valence-electron chi connectivity index (χ3n) is 4.09. The molecule has 0 amide bonds. The first-order chi connectivity index (χ1) is 13.6. The van der Waals surface area contributed by atoms with Crippen molar-refractivity contribution in [2.75, 3.05) is 5.75 Å². The first-order valence-electron chi connectivity index (χ1n) is 8.65. The SMILES string of the molecule is CCCCS(=O)(=O)c1oc(-c2ccc(F)cc2)nc1S(=O)(=O)c1ccc(Cl)cc1. The van der Waals surface area contributed by atoms with Gasteiger partial charge in [-0.15, -0.1) is 0 Å². The Balaban J connectivity index is 2.21. The second-order valence-corrected chi connectivity index (χ2v) is 10.6. The lowest BCUT2D eigenvalue weighted by Crippen LogP contribution is -2.12. The van der Waals surface area contributed by atoms with E-state index in [0.29, 0.717) is 17.9 Å². The summed E-state index contributed by atoms with van der Waals surface area (Å²) in [5.41, 5.74) is 0.246. The number of unbranched alkanes of at least 4 members (excludes halogenated alkanes) is 1. The average molecular weight is 458 g/mol. The zero-order valence-electron chi connectivity index (χ0n) is 15.3. The molecule has 2 aromatic carbocycles. The molecule has 0 atom stereocenters. The van der Waals surface area contributed by atoms with Gasteiger partial charge < -0.3 is 4.42 Å². The van der Waals surface area contributed by atoms with Gasteiger partial charge in [0.15, 0.2) is 0 Å². The molecule has 3 aromatic rings. The van der Waals surface area contributed by atoms with Crippen LogP contribution in [-0.2, 0) is 19.7 Å². The number of aromatic nitrogens is 1. The molecule has 6 nitrogen and oxygen atoms in total. The largest absolute Gasteiger partial charge is 0.423 e. The van der Waals surface area contributed by atoms with Crippen LogP contribution in [0.4, 0.5) is 4.39 Å². The van der Waals surface area contributed by atoms with E-state index in [-0.39, 0.29) is 22.1 Å². The summed E-state index contributed by atoms with van der Waals surface area (Å²) in [4.78, 5) is 3.79. The van der Waals surface area contributed by atoms with Crippen molar-refractivity contribution in [2.24, 2.45) is 0 Å². The topological polar surface area (TPSA) is 94.3 Å². The highest BCUT2D eigenvalue weighted by molar-refractivity contribution is 7.94. The number of halogens is 2. The van der Waals surface area contributed by atoms with Crippen LogP contribution in [0.3, 0.4) is 0 Å². The van der Waals surface area contributed by atoms with Gasteiger partial charge in [-0.1, -0.05) is 24.9 Å². The number of sulfone groups is 2. The number of hydrogen-bond donors (Lipinski definition) is 0. The fraction of sp³-hybridized carbons (Fsp3) is 0.211. The molecule has 1 aromatic heterocycles. The monoisotopic (exact) mass is 457 g/mol. The molecule has 0 aliphatic heterocycles. The van der Waals surface area contributed by atoms with E-state index in [2.05, 4.69) is 4.98 Å². The lowest BCUT2D eigenvalue weighted by atomic mass is 10.2. The van der Waals surface area contributed by atoms with Crippen molar-refractivity contribution in [3.05, 3.63) is 59.4 Å².